The van der Waals surface area contributed by atoms with Gasteiger partial charge in [0.15, 0.2) is 0 Å². The Bertz CT molecular complexity index is 530. The molecule has 1 heterocycles. The third-order valence-electron chi connectivity index (χ3n) is 4.34. The van der Waals surface area contributed by atoms with Gasteiger partial charge in [0.25, 0.3) is 5.91 Å². The minimum absolute atomic E-state index is 0.00488. The number of nitrogens with zero attached hydrogens (tertiary/aromatic N) is 2. The highest BCUT2D eigenvalue weighted by atomic mass is 16.3. The van der Waals surface area contributed by atoms with Gasteiger partial charge in [-0.05, 0) is 38.3 Å². The molecular formula is C18H26N2O3. The molecule has 23 heavy (non-hydrogen) atoms. The first-order valence-electron chi connectivity index (χ1n) is 8.26. The summed E-state index contributed by atoms with van der Waals surface area (Å²) in [5.41, 5.74) is 0.669. The molecule has 126 valence electrons. The molecule has 1 aliphatic heterocycles. The number of rotatable bonds is 5. The van der Waals surface area contributed by atoms with E-state index in [1.807, 2.05) is 30.3 Å². The van der Waals surface area contributed by atoms with E-state index in [9.17, 15) is 14.7 Å². The predicted octanol–water partition coefficient (Wildman–Crippen LogP) is 1.77. The van der Waals surface area contributed by atoms with Gasteiger partial charge in [-0.15, -0.1) is 0 Å². The summed E-state index contributed by atoms with van der Waals surface area (Å²) in [6.45, 7) is 3.44. The van der Waals surface area contributed by atoms with Crippen LogP contribution in [0.5, 0.6) is 0 Å². The van der Waals surface area contributed by atoms with Crippen molar-refractivity contribution in [2.45, 2.75) is 32.3 Å². The molecule has 2 rings (SSSR count). The van der Waals surface area contributed by atoms with Crippen LogP contribution in [0.15, 0.2) is 30.3 Å². The number of likely N-dealkylation sites (tertiary alicyclic amines) is 1. The molecule has 1 aromatic carbocycles. The molecule has 1 N–H and O–H groups in total. The van der Waals surface area contributed by atoms with Gasteiger partial charge >= 0.3 is 0 Å². The summed E-state index contributed by atoms with van der Waals surface area (Å²) in [6, 6.07) is 9.20. The lowest BCUT2D eigenvalue weighted by molar-refractivity contribution is -0.135. The van der Waals surface area contributed by atoms with E-state index in [4.69, 9.17) is 0 Å². The fourth-order valence-corrected chi connectivity index (χ4v) is 2.93. The minimum atomic E-state index is -0.409. The highest BCUT2D eigenvalue weighted by Gasteiger charge is 2.30. The number of aliphatic hydroxyl groups excluding tert-OH is 1. The molecule has 2 atom stereocenters. The summed E-state index contributed by atoms with van der Waals surface area (Å²) >= 11 is 0. The zero-order chi connectivity index (χ0) is 16.8. The van der Waals surface area contributed by atoms with Crippen molar-refractivity contribution in [1.82, 2.24) is 9.80 Å². The lowest BCUT2D eigenvalue weighted by Crippen LogP contribution is -2.46. The van der Waals surface area contributed by atoms with Crippen molar-refractivity contribution < 1.29 is 14.7 Å². The number of amides is 2. The first-order valence-corrected chi connectivity index (χ1v) is 8.26. The number of aliphatic hydroxyl groups is 1. The van der Waals surface area contributed by atoms with Crippen LogP contribution in [0, 0.1) is 5.92 Å². The van der Waals surface area contributed by atoms with Gasteiger partial charge in [0.2, 0.25) is 5.91 Å². The van der Waals surface area contributed by atoms with Crippen molar-refractivity contribution in [3.05, 3.63) is 35.9 Å². The Kier molecular flexibility index (Phi) is 6.16. The SMILES string of the molecule is CC(O)CCN(C)C(=O)C1CCCN(C(=O)c2ccccc2)C1. The van der Waals surface area contributed by atoms with Gasteiger partial charge in [0, 0.05) is 32.2 Å². The van der Waals surface area contributed by atoms with Crippen LogP contribution in [0.2, 0.25) is 0 Å². The first kappa shape index (κ1) is 17.5. The summed E-state index contributed by atoms with van der Waals surface area (Å²) in [5.74, 6) is -0.0821. The van der Waals surface area contributed by atoms with Crippen LogP contribution in [0.25, 0.3) is 0 Å². The van der Waals surface area contributed by atoms with E-state index < -0.39 is 6.10 Å². The minimum Gasteiger partial charge on any atom is -0.393 e. The van der Waals surface area contributed by atoms with Crippen LogP contribution in [0.3, 0.4) is 0 Å². The molecular weight excluding hydrogens is 292 g/mol. The van der Waals surface area contributed by atoms with Gasteiger partial charge in [-0.1, -0.05) is 18.2 Å². The van der Waals surface area contributed by atoms with Crippen molar-refractivity contribution in [3.8, 4) is 0 Å². The van der Waals surface area contributed by atoms with Crippen molar-refractivity contribution >= 4 is 11.8 Å². The Morgan fingerprint density at radius 2 is 2.04 bits per heavy atom. The fraction of sp³-hybridized carbons (Fsp3) is 0.556. The first-order chi connectivity index (χ1) is 11.0. The summed E-state index contributed by atoms with van der Waals surface area (Å²) in [6.07, 6.45) is 1.82. The molecule has 0 bridgehead atoms. The van der Waals surface area contributed by atoms with Crippen molar-refractivity contribution in [3.63, 3.8) is 0 Å². The lowest BCUT2D eigenvalue weighted by Gasteiger charge is -2.34. The highest BCUT2D eigenvalue weighted by Crippen LogP contribution is 2.20. The number of piperidine rings is 1. The summed E-state index contributed by atoms with van der Waals surface area (Å²) < 4.78 is 0. The molecule has 5 nitrogen and oxygen atoms in total. The third-order valence-corrected chi connectivity index (χ3v) is 4.34. The Labute approximate surface area is 137 Å². The largest absolute Gasteiger partial charge is 0.393 e. The number of carbonyl (C=O) groups is 2. The van der Waals surface area contributed by atoms with E-state index in [-0.39, 0.29) is 17.7 Å². The molecule has 2 amide bonds. The van der Waals surface area contributed by atoms with E-state index in [0.29, 0.717) is 31.6 Å². The smallest absolute Gasteiger partial charge is 0.253 e. The number of benzene rings is 1. The van der Waals surface area contributed by atoms with E-state index >= 15 is 0 Å². The molecule has 2 unspecified atom stereocenters. The highest BCUT2D eigenvalue weighted by molar-refractivity contribution is 5.94. The molecule has 0 aromatic heterocycles. The maximum atomic E-state index is 12.5. The summed E-state index contributed by atoms with van der Waals surface area (Å²) in [4.78, 5) is 28.5. The van der Waals surface area contributed by atoms with Crippen LogP contribution in [-0.2, 0) is 4.79 Å². The third kappa shape index (κ3) is 4.79. The van der Waals surface area contributed by atoms with Crippen LogP contribution >= 0.6 is 0 Å². The number of hydrogen-bond donors (Lipinski definition) is 1. The van der Waals surface area contributed by atoms with Gasteiger partial charge in [-0.3, -0.25) is 9.59 Å². The molecule has 0 saturated carbocycles. The molecule has 1 fully saturated rings. The Hall–Kier alpha value is -1.88. The average molecular weight is 318 g/mol. The van der Waals surface area contributed by atoms with E-state index in [2.05, 4.69) is 0 Å². The second kappa shape index (κ2) is 8.11. The Balaban J connectivity index is 1.95. The second-order valence-electron chi connectivity index (χ2n) is 6.35. The summed E-state index contributed by atoms with van der Waals surface area (Å²) in [5, 5.41) is 9.34. The van der Waals surface area contributed by atoms with Gasteiger partial charge in [0.1, 0.15) is 0 Å². The Morgan fingerprint density at radius 3 is 2.70 bits per heavy atom. The normalized spacial score (nSPS) is 19.3. The predicted molar refractivity (Wildman–Crippen MR) is 89.0 cm³/mol. The topological polar surface area (TPSA) is 60.9 Å². The maximum absolute atomic E-state index is 12.5. The van der Waals surface area contributed by atoms with Crippen LogP contribution in [-0.4, -0.2) is 59.5 Å². The van der Waals surface area contributed by atoms with Crippen LogP contribution in [0.4, 0.5) is 0 Å². The molecule has 0 radical (unpaired) electrons. The van der Waals surface area contributed by atoms with E-state index in [0.717, 1.165) is 12.8 Å². The quantitative estimate of drug-likeness (QED) is 0.900. The van der Waals surface area contributed by atoms with E-state index in [1.54, 1.807) is 23.8 Å². The molecule has 5 heteroatoms. The molecule has 1 aliphatic rings. The number of carbonyl (C=O) groups excluding carboxylic acids is 2. The van der Waals surface area contributed by atoms with Crippen LogP contribution < -0.4 is 0 Å². The Morgan fingerprint density at radius 1 is 1.35 bits per heavy atom. The van der Waals surface area contributed by atoms with Gasteiger partial charge in [-0.2, -0.15) is 0 Å². The van der Waals surface area contributed by atoms with Gasteiger partial charge in [0.05, 0.1) is 12.0 Å². The molecule has 1 saturated heterocycles. The lowest BCUT2D eigenvalue weighted by atomic mass is 9.96. The van der Waals surface area contributed by atoms with Crippen molar-refractivity contribution in [2.75, 3.05) is 26.7 Å². The van der Waals surface area contributed by atoms with Gasteiger partial charge < -0.3 is 14.9 Å². The molecule has 0 aliphatic carbocycles. The molecule has 1 aromatic rings. The summed E-state index contributed by atoms with van der Waals surface area (Å²) in [7, 11) is 1.77. The zero-order valence-corrected chi connectivity index (χ0v) is 13.9. The standard InChI is InChI=1S/C18H26N2O3/c1-14(21)10-12-19(2)17(22)16-9-6-11-20(13-16)18(23)15-7-4-3-5-8-15/h3-5,7-8,14,16,21H,6,9-13H2,1-2H3. The van der Waals surface area contributed by atoms with Crippen molar-refractivity contribution in [2.24, 2.45) is 5.92 Å². The monoisotopic (exact) mass is 318 g/mol. The van der Waals surface area contributed by atoms with Crippen molar-refractivity contribution in [1.29, 1.82) is 0 Å². The van der Waals surface area contributed by atoms with Gasteiger partial charge in [-0.25, -0.2) is 0 Å². The van der Waals surface area contributed by atoms with E-state index in [1.165, 1.54) is 0 Å². The average Bonchev–Trinajstić information content (AvgIpc) is 2.59. The maximum Gasteiger partial charge on any atom is 0.253 e. The second-order valence-corrected chi connectivity index (χ2v) is 6.35. The number of hydrogen-bond acceptors (Lipinski definition) is 3. The zero-order valence-electron chi connectivity index (χ0n) is 13.9. The fourth-order valence-electron chi connectivity index (χ4n) is 2.93. The van der Waals surface area contributed by atoms with Crippen LogP contribution in [0.1, 0.15) is 36.5 Å². The molecule has 0 spiro atoms.